The molecule has 4 bridgehead atoms. The zero-order valence-corrected chi connectivity index (χ0v) is 17.9. The molecule has 0 aliphatic carbocycles. The highest BCUT2D eigenvalue weighted by atomic mass is 17.0. The largest absolute Gasteiger partial charge is 0.467 e. The zero-order chi connectivity index (χ0) is 22.5. The molecule has 9 atom stereocenters. The van der Waals surface area contributed by atoms with Gasteiger partial charge in [0.05, 0.1) is 24.7 Å². The molecule has 9 heteroatoms. The lowest BCUT2D eigenvalue weighted by atomic mass is 9.80. The van der Waals surface area contributed by atoms with Gasteiger partial charge in [-0.1, -0.05) is 24.3 Å². The van der Waals surface area contributed by atoms with Gasteiger partial charge in [0.15, 0.2) is 6.10 Å². The lowest BCUT2D eigenvalue weighted by Crippen LogP contribution is -2.44. The molecule has 31 heavy (non-hydrogen) atoms. The minimum absolute atomic E-state index is 0.129. The second kappa shape index (κ2) is 6.26. The Morgan fingerprint density at radius 3 is 2.52 bits per heavy atom. The average molecular weight is 434 g/mol. The lowest BCUT2D eigenvalue weighted by molar-refractivity contribution is -0.194. The molecule has 0 aromatic rings. The normalized spacial score (nSPS) is 50.7. The van der Waals surface area contributed by atoms with Gasteiger partial charge >= 0.3 is 11.9 Å². The van der Waals surface area contributed by atoms with Gasteiger partial charge < -0.3 is 33.5 Å². The number of aliphatic hydroxyl groups excluding tert-OH is 1. The zero-order valence-electron chi connectivity index (χ0n) is 17.9. The van der Waals surface area contributed by atoms with E-state index in [9.17, 15) is 14.7 Å². The van der Waals surface area contributed by atoms with E-state index >= 15 is 0 Å². The number of epoxide rings is 2. The van der Waals surface area contributed by atoms with Crippen molar-refractivity contribution in [2.24, 2.45) is 11.8 Å². The molecule has 5 heterocycles. The quantitative estimate of drug-likeness (QED) is 0.389. The maximum absolute atomic E-state index is 12.8. The van der Waals surface area contributed by atoms with Crippen molar-refractivity contribution in [2.45, 2.75) is 61.9 Å². The first kappa shape index (κ1) is 20.8. The first-order valence-electron chi connectivity index (χ1n) is 10.2. The van der Waals surface area contributed by atoms with Crippen LogP contribution < -0.4 is 0 Å². The Labute approximate surface area is 179 Å². The number of rotatable bonds is 4. The molecule has 0 amide bonds. The van der Waals surface area contributed by atoms with Crippen molar-refractivity contribution in [2.75, 3.05) is 14.2 Å². The lowest BCUT2D eigenvalue weighted by Gasteiger charge is -2.32. The van der Waals surface area contributed by atoms with E-state index in [1.165, 1.54) is 20.3 Å². The Morgan fingerprint density at radius 1 is 1.23 bits per heavy atom. The summed E-state index contributed by atoms with van der Waals surface area (Å²) in [4.78, 5) is 25.6. The van der Waals surface area contributed by atoms with E-state index in [2.05, 4.69) is 13.2 Å². The van der Waals surface area contributed by atoms with Crippen molar-refractivity contribution in [3.05, 3.63) is 36.0 Å². The maximum Gasteiger partial charge on any atom is 0.347 e. The van der Waals surface area contributed by atoms with Crippen LogP contribution in [0, 0.1) is 11.8 Å². The van der Waals surface area contributed by atoms with E-state index in [-0.39, 0.29) is 12.0 Å². The van der Waals surface area contributed by atoms with Crippen molar-refractivity contribution in [1.82, 2.24) is 0 Å². The number of aliphatic hydroxyl groups is 1. The number of hydrogen-bond acceptors (Lipinski definition) is 9. The van der Waals surface area contributed by atoms with Crippen LogP contribution in [-0.2, 0) is 38.0 Å². The van der Waals surface area contributed by atoms with Crippen LogP contribution in [0.1, 0.15) is 20.3 Å². The maximum atomic E-state index is 12.8. The molecule has 5 aliphatic rings. The summed E-state index contributed by atoms with van der Waals surface area (Å²) in [7, 11) is 2.73. The van der Waals surface area contributed by atoms with Crippen molar-refractivity contribution >= 4 is 11.9 Å². The van der Waals surface area contributed by atoms with Crippen molar-refractivity contribution in [1.29, 1.82) is 0 Å². The van der Waals surface area contributed by atoms with E-state index in [4.69, 9.17) is 28.4 Å². The van der Waals surface area contributed by atoms with Crippen molar-refractivity contribution < 1.29 is 43.1 Å². The van der Waals surface area contributed by atoms with Crippen LogP contribution in [0.2, 0.25) is 0 Å². The van der Waals surface area contributed by atoms with E-state index in [1.54, 1.807) is 13.8 Å². The van der Waals surface area contributed by atoms with E-state index < -0.39 is 65.4 Å². The second-order valence-corrected chi connectivity index (χ2v) is 9.02. The van der Waals surface area contributed by atoms with Crippen LogP contribution in [0.15, 0.2) is 36.0 Å². The number of ether oxygens (including phenoxy) is 6. The highest BCUT2D eigenvalue weighted by molar-refractivity contribution is 5.92. The molecule has 4 saturated heterocycles. The summed E-state index contributed by atoms with van der Waals surface area (Å²) in [5.74, 6) is -5.05. The van der Waals surface area contributed by atoms with Crippen LogP contribution in [0.25, 0.3) is 0 Å². The Balaban J connectivity index is 1.69. The second-order valence-electron chi connectivity index (χ2n) is 9.02. The van der Waals surface area contributed by atoms with Gasteiger partial charge in [-0.15, -0.1) is 0 Å². The summed E-state index contributed by atoms with van der Waals surface area (Å²) < 4.78 is 34.6. The monoisotopic (exact) mass is 434 g/mol. The van der Waals surface area contributed by atoms with Crippen LogP contribution in [0.5, 0.6) is 0 Å². The summed E-state index contributed by atoms with van der Waals surface area (Å²) >= 11 is 0. The number of carbonyl (C=O) groups is 2. The molecular formula is C22H26O9. The van der Waals surface area contributed by atoms with Gasteiger partial charge in [0.2, 0.25) is 11.6 Å². The van der Waals surface area contributed by atoms with Gasteiger partial charge in [-0.2, -0.15) is 0 Å². The molecule has 5 rings (SSSR count). The molecule has 2 spiro atoms. The minimum Gasteiger partial charge on any atom is -0.467 e. The van der Waals surface area contributed by atoms with Crippen LogP contribution >= 0.6 is 0 Å². The third kappa shape index (κ3) is 2.38. The fourth-order valence-corrected chi connectivity index (χ4v) is 5.67. The highest BCUT2D eigenvalue weighted by Crippen LogP contribution is 2.75. The SMILES string of the molecule is C=C(C)[C@H]1C[C@]23O[C@]4(O[C@H]4[C@@]2(C(=O)OC)O3)[C@H](C(=C)C)[C@@H]2OC(=O)/C(=C/[C@@H]1O)[C@H]2OC. The molecule has 0 radical (unpaired) electrons. The summed E-state index contributed by atoms with van der Waals surface area (Å²) in [6, 6.07) is 0. The van der Waals surface area contributed by atoms with Crippen molar-refractivity contribution in [3.63, 3.8) is 0 Å². The Bertz CT molecular complexity index is 939. The van der Waals surface area contributed by atoms with E-state index in [0.29, 0.717) is 11.1 Å². The standard InChI is InChI=1S/C22H26O9/c1-9(2)12-8-20-21(30-20,19(25)27-6)18-22(29-18,31-20)14(10(3)4)16-15(26-5)11(7-13(12)23)17(24)28-16/h7,12-16,18,23H,1,3,8H2,2,4-6H3/b11-7+/t12-,13+,14-,15-,16+,18+,20+,21+,22-/m1/s1. The number of fused-ring (bicyclic) bond motifs is 3. The number of esters is 2. The Morgan fingerprint density at radius 2 is 1.94 bits per heavy atom. The highest BCUT2D eigenvalue weighted by Gasteiger charge is 2.99. The molecule has 0 unspecified atom stereocenters. The molecule has 9 nitrogen and oxygen atoms in total. The molecule has 0 saturated carbocycles. The first-order valence-corrected chi connectivity index (χ1v) is 10.2. The number of carbonyl (C=O) groups excluding carboxylic acids is 2. The predicted molar refractivity (Wildman–Crippen MR) is 103 cm³/mol. The van der Waals surface area contributed by atoms with E-state index in [0.717, 1.165) is 0 Å². The minimum atomic E-state index is -1.47. The Kier molecular flexibility index (Phi) is 4.21. The van der Waals surface area contributed by atoms with Crippen LogP contribution in [0.4, 0.5) is 0 Å². The van der Waals surface area contributed by atoms with Gasteiger partial charge in [0.25, 0.3) is 5.60 Å². The van der Waals surface area contributed by atoms with Gasteiger partial charge in [0, 0.05) is 19.4 Å². The van der Waals surface area contributed by atoms with Gasteiger partial charge in [-0.3, -0.25) is 0 Å². The fraction of sp³-hybridized carbons (Fsp3) is 0.636. The molecular weight excluding hydrogens is 408 g/mol. The summed E-state index contributed by atoms with van der Waals surface area (Å²) in [5.41, 5.74) is 0.0214. The summed E-state index contributed by atoms with van der Waals surface area (Å²) in [5, 5.41) is 11.0. The number of hydrogen-bond donors (Lipinski definition) is 1. The average Bonchev–Trinajstić information content (AvgIpc) is 3.53. The predicted octanol–water partition coefficient (Wildman–Crippen LogP) is 0.766. The molecule has 1 N–H and O–H groups in total. The fourth-order valence-electron chi connectivity index (χ4n) is 5.67. The third-order valence-corrected chi connectivity index (χ3v) is 7.16. The Hall–Kier alpha value is -2.04. The third-order valence-electron chi connectivity index (χ3n) is 7.16. The van der Waals surface area contributed by atoms with E-state index in [1.807, 2.05) is 0 Å². The molecule has 0 aromatic heterocycles. The molecule has 0 aromatic carbocycles. The summed E-state index contributed by atoms with van der Waals surface area (Å²) in [6.45, 7) is 11.6. The van der Waals surface area contributed by atoms with Crippen molar-refractivity contribution in [3.8, 4) is 0 Å². The van der Waals surface area contributed by atoms with Crippen LogP contribution in [0.3, 0.4) is 0 Å². The van der Waals surface area contributed by atoms with Crippen LogP contribution in [-0.4, -0.2) is 72.9 Å². The topological polar surface area (TPSA) is 116 Å². The number of methoxy groups -OCH3 is 2. The van der Waals surface area contributed by atoms with Gasteiger partial charge in [0.1, 0.15) is 12.2 Å². The smallest absolute Gasteiger partial charge is 0.347 e. The van der Waals surface area contributed by atoms with Gasteiger partial charge in [-0.05, 0) is 19.9 Å². The van der Waals surface area contributed by atoms with Gasteiger partial charge in [-0.25, -0.2) is 9.59 Å². The summed E-state index contributed by atoms with van der Waals surface area (Å²) in [6.07, 6.45) is -1.91. The first-order chi connectivity index (χ1) is 14.6. The molecule has 168 valence electrons. The molecule has 4 fully saturated rings. The molecule has 5 aliphatic heterocycles.